The van der Waals surface area contributed by atoms with E-state index >= 15 is 0 Å². The van der Waals surface area contributed by atoms with Crippen LogP contribution in [0.2, 0.25) is 0 Å². The highest BCUT2D eigenvalue weighted by atomic mass is 16.5. The predicted octanol–water partition coefficient (Wildman–Crippen LogP) is 2.94. The Morgan fingerprint density at radius 3 is 2.67 bits per heavy atom. The molecule has 0 saturated carbocycles. The van der Waals surface area contributed by atoms with Crippen molar-refractivity contribution in [3.63, 3.8) is 0 Å². The van der Waals surface area contributed by atoms with Gasteiger partial charge in [0.15, 0.2) is 11.9 Å². The van der Waals surface area contributed by atoms with Crippen LogP contribution in [0.4, 0.5) is 0 Å². The molecule has 1 aromatic heterocycles. The first-order valence-electron chi connectivity index (χ1n) is 4.88. The minimum absolute atomic E-state index is 0.0766. The number of hydrogen-bond donors (Lipinski definition) is 0. The molecule has 0 unspecified atom stereocenters. The third kappa shape index (κ3) is 1.54. The van der Waals surface area contributed by atoms with Gasteiger partial charge >= 0.3 is 0 Å². The molecule has 0 N–H and O–H groups in total. The Morgan fingerprint density at radius 2 is 2.07 bits per heavy atom. The SMILES string of the molecule is CC(C)(C)c1noc2c(C=O)cccc12. The van der Waals surface area contributed by atoms with Gasteiger partial charge in [0.05, 0.1) is 11.3 Å². The summed E-state index contributed by atoms with van der Waals surface area (Å²) in [7, 11) is 0. The molecule has 0 aliphatic carbocycles. The minimum atomic E-state index is -0.0766. The maximum atomic E-state index is 10.8. The van der Waals surface area contributed by atoms with Crippen molar-refractivity contribution in [2.45, 2.75) is 26.2 Å². The van der Waals surface area contributed by atoms with Crippen LogP contribution in [-0.4, -0.2) is 11.4 Å². The third-order valence-electron chi connectivity index (χ3n) is 2.37. The van der Waals surface area contributed by atoms with Crippen molar-refractivity contribution in [2.75, 3.05) is 0 Å². The quantitative estimate of drug-likeness (QED) is 0.669. The van der Waals surface area contributed by atoms with Crippen LogP contribution in [0.1, 0.15) is 36.8 Å². The number of para-hydroxylation sites is 1. The van der Waals surface area contributed by atoms with Crippen LogP contribution >= 0.6 is 0 Å². The normalized spacial score (nSPS) is 11.9. The van der Waals surface area contributed by atoms with Gasteiger partial charge in [-0.1, -0.05) is 32.0 Å². The zero-order valence-electron chi connectivity index (χ0n) is 9.07. The first-order chi connectivity index (χ1) is 7.04. The van der Waals surface area contributed by atoms with E-state index in [2.05, 4.69) is 25.9 Å². The molecule has 3 nitrogen and oxygen atoms in total. The molecule has 0 fully saturated rings. The largest absolute Gasteiger partial charge is 0.355 e. The second-order valence-electron chi connectivity index (χ2n) is 4.62. The van der Waals surface area contributed by atoms with E-state index < -0.39 is 0 Å². The molecule has 0 aliphatic heterocycles. The topological polar surface area (TPSA) is 43.1 Å². The number of carbonyl (C=O) groups is 1. The Bertz CT molecular complexity index is 506. The van der Waals surface area contributed by atoms with Gasteiger partial charge in [-0.25, -0.2) is 0 Å². The Balaban J connectivity index is 2.77. The second-order valence-corrected chi connectivity index (χ2v) is 4.62. The average molecular weight is 203 g/mol. The molecule has 2 aromatic rings. The zero-order chi connectivity index (χ0) is 11.1. The van der Waals surface area contributed by atoms with Gasteiger partial charge in [-0.05, 0) is 12.1 Å². The molecule has 0 spiro atoms. The molecular formula is C12H13NO2. The van der Waals surface area contributed by atoms with Crippen molar-refractivity contribution in [2.24, 2.45) is 0 Å². The highest BCUT2D eigenvalue weighted by Crippen LogP contribution is 2.30. The number of hydrogen-bond acceptors (Lipinski definition) is 3. The smallest absolute Gasteiger partial charge is 0.177 e. The molecule has 0 aliphatic rings. The van der Waals surface area contributed by atoms with Crippen molar-refractivity contribution in [3.8, 4) is 0 Å². The lowest BCUT2D eigenvalue weighted by Crippen LogP contribution is -2.11. The van der Waals surface area contributed by atoms with Crippen molar-refractivity contribution in [3.05, 3.63) is 29.5 Å². The van der Waals surface area contributed by atoms with Crippen LogP contribution in [0.15, 0.2) is 22.7 Å². The fraction of sp³-hybridized carbons (Fsp3) is 0.333. The first kappa shape index (κ1) is 9.90. The molecule has 15 heavy (non-hydrogen) atoms. The van der Waals surface area contributed by atoms with Gasteiger partial charge in [0.25, 0.3) is 0 Å². The number of rotatable bonds is 1. The van der Waals surface area contributed by atoms with Gasteiger partial charge in [0.2, 0.25) is 0 Å². The van der Waals surface area contributed by atoms with E-state index in [1.54, 1.807) is 6.07 Å². The molecule has 0 amide bonds. The van der Waals surface area contributed by atoms with Crippen LogP contribution in [0.25, 0.3) is 11.0 Å². The van der Waals surface area contributed by atoms with E-state index in [9.17, 15) is 4.79 Å². The number of fused-ring (bicyclic) bond motifs is 1. The van der Waals surface area contributed by atoms with E-state index in [1.165, 1.54) is 0 Å². The van der Waals surface area contributed by atoms with Gasteiger partial charge in [0, 0.05) is 10.8 Å². The molecule has 1 aromatic carbocycles. The fourth-order valence-corrected chi connectivity index (χ4v) is 1.62. The summed E-state index contributed by atoms with van der Waals surface area (Å²) in [5.74, 6) is 0. The molecule has 0 atom stereocenters. The van der Waals surface area contributed by atoms with Crippen molar-refractivity contribution < 1.29 is 9.32 Å². The van der Waals surface area contributed by atoms with Crippen molar-refractivity contribution in [1.29, 1.82) is 0 Å². The summed E-state index contributed by atoms with van der Waals surface area (Å²) in [5, 5.41) is 4.96. The molecule has 0 radical (unpaired) electrons. The van der Waals surface area contributed by atoms with Crippen LogP contribution < -0.4 is 0 Å². The summed E-state index contributed by atoms with van der Waals surface area (Å²) in [4.78, 5) is 10.8. The van der Waals surface area contributed by atoms with Crippen molar-refractivity contribution >= 4 is 17.3 Å². The third-order valence-corrected chi connectivity index (χ3v) is 2.37. The molecule has 2 rings (SSSR count). The highest BCUT2D eigenvalue weighted by Gasteiger charge is 2.22. The summed E-state index contributed by atoms with van der Waals surface area (Å²) >= 11 is 0. The van der Waals surface area contributed by atoms with E-state index in [-0.39, 0.29) is 5.41 Å². The molecule has 0 bridgehead atoms. The Kier molecular flexibility index (Phi) is 2.11. The molecule has 78 valence electrons. The number of aldehydes is 1. The maximum Gasteiger partial charge on any atom is 0.177 e. The van der Waals surface area contributed by atoms with E-state index in [1.807, 2.05) is 12.1 Å². The number of nitrogens with zero attached hydrogens (tertiary/aromatic N) is 1. The minimum Gasteiger partial charge on any atom is -0.355 e. The molecular weight excluding hydrogens is 190 g/mol. The monoisotopic (exact) mass is 203 g/mol. The number of carbonyl (C=O) groups excluding carboxylic acids is 1. The van der Waals surface area contributed by atoms with Crippen LogP contribution in [0, 0.1) is 0 Å². The number of benzene rings is 1. The average Bonchev–Trinajstić information content (AvgIpc) is 2.59. The molecule has 1 heterocycles. The van der Waals surface area contributed by atoms with E-state index in [0.717, 1.165) is 17.4 Å². The predicted molar refractivity (Wildman–Crippen MR) is 58.1 cm³/mol. The van der Waals surface area contributed by atoms with Gasteiger partial charge in [-0.2, -0.15) is 0 Å². The highest BCUT2D eigenvalue weighted by molar-refractivity contribution is 5.95. The molecule has 0 saturated heterocycles. The van der Waals surface area contributed by atoms with E-state index in [0.29, 0.717) is 11.1 Å². The van der Waals surface area contributed by atoms with Gasteiger partial charge in [0.1, 0.15) is 0 Å². The fourth-order valence-electron chi connectivity index (χ4n) is 1.62. The summed E-state index contributed by atoms with van der Waals surface area (Å²) in [5.41, 5.74) is 1.95. The summed E-state index contributed by atoms with van der Waals surface area (Å²) in [6.07, 6.45) is 0.792. The van der Waals surface area contributed by atoms with Gasteiger partial charge in [-0.15, -0.1) is 0 Å². The van der Waals surface area contributed by atoms with Crippen LogP contribution in [-0.2, 0) is 5.41 Å². The first-order valence-corrected chi connectivity index (χ1v) is 4.88. The second kappa shape index (κ2) is 3.19. The lowest BCUT2D eigenvalue weighted by molar-refractivity contribution is 0.112. The molecule has 3 heteroatoms. The van der Waals surface area contributed by atoms with Gasteiger partial charge < -0.3 is 4.52 Å². The lowest BCUT2D eigenvalue weighted by Gasteiger charge is -2.14. The lowest BCUT2D eigenvalue weighted by atomic mass is 9.89. The van der Waals surface area contributed by atoms with Crippen LogP contribution in [0.3, 0.4) is 0 Å². The van der Waals surface area contributed by atoms with Gasteiger partial charge in [-0.3, -0.25) is 4.79 Å². The standard InChI is InChI=1S/C12H13NO2/c1-12(2,3)11-9-6-4-5-8(7-14)10(9)15-13-11/h4-7H,1-3H3. The van der Waals surface area contributed by atoms with Crippen LogP contribution in [0.5, 0.6) is 0 Å². The zero-order valence-corrected chi connectivity index (χ0v) is 9.07. The summed E-state index contributed by atoms with van der Waals surface area (Å²) in [6, 6.07) is 5.50. The summed E-state index contributed by atoms with van der Waals surface area (Å²) < 4.78 is 5.22. The number of aromatic nitrogens is 1. The maximum absolute atomic E-state index is 10.8. The van der Waals surface area contributed by atoms with E-state index in [4.69, 9.17) is 4.52 Å². The Hall–Kier alpha value is -1.64. The van der Waals surface area contributed by atoms with Crippen molar-refractivity contribution in [1.82, 2.24) is 5.16 Å². The Morgan fingerprint density at radius 1 is 1.33 bits per heavy atom. The Labute approximate surface area is 88.1 Å². The summed E-state index contributed by atoms with van der Waals surface area (Å²) in [6.45, 7) is 6.20.